The lowest BCUT2D eigenvalue weighted by molar-refractivity contribution is 0.390. The highest BCUT2D eigenvalue weighted by Gasteiger charge is 2.24. The van der Waals surface area contributed by atoms with Crippen molar-refractivity contribution in [2.75, 3.05) is 4.72 Å². The van der Waals surface area contributed by atoms with Gasteiger partial charge in [0.15, 0.2) is 16.5 Å². The molecule has 2 heterocycles. The van der Waals surface area contributed by atoms with Crippen LogP contribution in [0.1, 0.15) is 17.3 Å². The van der Waals surface area contributed by atoms with Crippen LogP contribution in [-0.4, -0.2) is 23.7 Å². The number of hydrogen-bond acceptors (Lipinski definition) is 7. The third-order valence-electron chi connectivity index (χ3n) is 3.13. The van der Waals surface area contributed by atoms with E-state index in [-0.39, 0.29) is 10.7 Å². The number of nitrogens with one attached hydrogen (secondary N) is 1. The molecule has 0 aliphatic carbocycles. The first-order valence-corrected chi connectivity index (χ1v) is 8.21. The van der Waals surface area contributed by atoms with Gasteiger partial charge in [-0.1, -0.05) is 16.4 Å². The molecule has 1 aromatic carbocycles. The molecule has 0 amide bonds. The number of benzene rings is 1. The SMILES string of the molecule is Cc1noc(-c2cccc(NS(=O)(=O)c3c(C)noc3C)c2)n1. The van der Waals surface area contributed by atoms with E-state index in [1.54, 1.807) is 45.0 Å². The van der Waals surface area contributed by atoms with Crippen molar-refractivity contribution in [2.24, 2.45) is 0 Å². The fraction of sp³-hybridized carbons (Fsp3) is 0.214. The second-order valence-electron chi connectivity index (χ2n) is 4.99. The predicted octanol–water partition coefficient (Wildman–Crippen LogP) is 2.45. The summed E-state index contributed by atoms with van der Waals surface area (Å²) in [4.78, 5) is 4.16. The molecule has 23 heavy (non-hydrogen) atoms. The van der Waals surface area contributed by atoms with Crippen LogP contribution < -0.4 is 4.72 Å². The summed E-state index contributed by atoms with van der Waals surface area (Å²) in [5.41, 5.74) is 1.29. The van der Waals surface area contributed by atoms with Gasteiger partial charge in [0.05, 0.1) is 0 Å². The maximum atomic E-state index is 12.5. The van der Waals surface area contributed by atoms with Crippen molar-refractivity contribution in [3.63, 3.8) is 0 Å². The maximum Gasteiger partial charge on any atom is 0.267 e. The van der Waals surface area contributed by atoms with Gasteiger partial charge in [-0.05, 0) is 39.0 Å². The fourth-order valence-corrected chi connectivity index (χ4v) is 3.58. The van der Waals surface area contributed by atoms with Crippen molar-refractivity contribution in [3.05, 3.63) is 41.5 Å². The molecule has 120 valence electrons. The van der Waals surface area contributed by atoms with Crippen LogP contribution in [-0.2, 0) is 10.0 Å². The predicted molar refractivity (Wildman–Crippen MR) is 81.3 cm³/mol. The zero-order valence-corrected chi connectivity index (χ0v) is 13.5. The van der Waals surface area contributed by atoms with Crippen LogP contribution in [0.3, 0.4) is 0 Å². The summed E-state index contributed by atoms with van der Waals surface area (Å²) < 4.78 is 37.5. The molecule has 0 aliphatic rings. The van der Waals surface area contributed by atoms with Gasteiger partial charge < -0.3 is 9.05 Å². The van der Waals surface area contributed by atoms with Crippen molar-refractivity contribution in [3.8, 4) is 11.5 Å². The first-order chi connectivity index (χ1) is 10.9. The van der Waals surface area contributed by atoms with Crippen LogP contribution in [0.25, 0.3) is 11.5 Å². The highest BCUT2D eigenvalue weighted by atomic mass is 32.2. The lowest BCUT2D eigenvalue weighted by Crippen LogP contribution is -2.14. The number of rotatable bonds is 4. The highest BCUT2D eigenvalue weighted by Crippen LogP contribution is 2.25. The Balaban J connectivity index is 1.94. The Morgan fingerprint density at radius 2 is 1.87 bits per heavy atom. The van der Waals surface area contributed by atoms with E-state index in [4.69, 9.17) is 9.05 Å². The van der Waals surface area contributed by atoms with Crippen molar-refractivity contribution in [1.82, 2.24) is 15.3 Å². The maximum absolute atomic E-state index is 12.5. The zero-order chi connectivity index (χ0) is 16.6. The van der Waals surface area contributed by atoms with E-state index < -0.39 is 10.0 Å². The van der Waals surface area contributed by atoms with Crippen LogP contribution in [0.15, 0.2) is 38.2 Å². The van der Waals surface area contributed by atoms with Gasteiger partial charge in [-0.25, -0.2) is 8.42 Å². The van der Waals surface area contributed by atoms with E-state index in [9.17, 15) is 8.42 Å². The topological polar surface area (TPSA) is 111 Å². The summed E-state index contributed by atoms with van der Waals surface area (Å²) in [6, 6.07) is 6.69. The van der Waals surface area contributed by atoms with Gasteiger partial charge in [-0.15, -0.1) is 0 Å². The van der Waals surface area contributed by atoms with Crippen LogP contribution in [0.5, 0.6) is 0 Å². The molecule has 0 unspecified atom stereocenters. The Kier molecular flexibility index (Phi) is 3.64. The van der Waals surface area contributed by atoms with Gasteiger partial charge in [0.25, 0.3) is 15.9 Å². The molecular weight excluding hydrogens is 320 g/mol. The summed E-state index contributed by atoms with van der Waals surface area (Å²) in [5.74, 6) is 1.06. The molecule has 0 bridgehead atoms. The van der Waals surface area contributed by atoms with E-state index in [2.05, 4.69) is 20.0 Å². The Bertz CT molecular complexity index is 939. The largest absolute Gasteiger partial charge is 0.360 e. The number of aromatic nitrogens is 3. The summed E-state index contributed by atoms with van der Waals surface area (Å²) in [5, 5.41) is 7.38. The summed E-state index contributed by atoms with van der Waals surface area (Å²) >= 11 is 0. The zero-order valence-electron chi connectivity index (χ0n) is 12.7. The normalized spacial score (nSPS) is 11.6. The molecule has 3 rings (SSSR count). The van der Waals surface area contributed by atoms with E-state index in [1.807, 2.05) is 0 Å². The van der Waals surface area contributed by atoms with E-state index in [0.29, 0.717) is 28.7 Å². The average Bonchev–Trinajstić information content (AvgIpc) is 3.05. The van der Waals surface area contributed by atoms with Gasteiger partial charge >= 0.3 is 0 Å². The first-order valence-electron chi connectivity index (χ1n) is 6.73. The van der Waals surface area contributed by atoms with Crippen LogP contribution >= 0.6 is 0 Å². The summed E-state index contributed by atoms with van der Waals surface area (Å²) in [6.07, 6.45) is 0. The fourth-order valence-electron chi connectivity index (χ4n) is 2.19. The number of anilines is 1. The molecule has 0 atom stereocenters. The molecule has 1 N–H and O–H groups in total. The lowest BCUT2D eigenvalue weighted by atomic mass is 10.2. The van der Waals surface area contributed by atoms with Gasteiger partial charge in [-0.2, -0.15) is 4.98 Å². The Labute approximate surface area is 132 Å². The number of sulfonamides is 1. The van der Waals surface area contributed by atoms with Gasteiger partial charge in [-0.3, -0.25) is 4.72 Å². The van der Waals surface area contributed by atoms with Crippen molar-refractivity contribution >= 4 is 15.7 Å². The molecule has 0 saturated carbocycles. The lowest BCUT2D eigenvalue weighted by Gasteiger charge is -2.08. The number of nitrogens with zero attached hydrogens (tertiary/aromatic N) is 3. The molecule has 2 aromatic heterocycles. The minimum absolute atomic E-state index is 0.0385. The van der Waals surface area contributed by atoms with Crippen LogP contribution in [0.4, 0.5) is 5.69 Å². The van der Waals surface area contributed by atoms with Gasteiger partial charge in [0.2, 0.25) is 0 Å². The minimum Gasteiger partial charge on any atom is -0.360 e. The Morgan fingerprint density at radius 1 is 1.09 bits per heavy atom. The molecule has 3 aromatic rings. The quantitative estimate of drug-likeness (QED) is 0.780. The molecule has 0 radical (unpaired) electrons. The second kappa shape index (κ2) is 5.51. The van der Waals surface area contributed by atoms with Gasteiger partial charge in [0.1, 0.15) is 5.69 Å². The Hall–Kier alpha value is -2.68. The van der Waals surface area contributed by atoms with E-state index in [1.165, 1.54) is 0 Å². The summed E-state index contributed by atoms with van der Waals surface area (Å²) in [6.45, 7) is 4.83. The molecular formula is C14H14N4O4S. The molecule has 0 spiro atoms. The molecule has 0 saturated heterocycles. The molecule has 9 heteroatoms. The average molecular weight is 334 g/mol. The molecule has 8 nitrogen and oxygen atoms in total. The molecule has 0 fully saturated rings. The van der Waals surface area contributed by atoms with Crippen LogP contribution in [0.2, 0.25) is 0 Å². The Morgan fingerprint density at radius 3 is 2.48 bits per heavy atom. The number of aryl methyl sites for hydroxylation is 3. The van der Waals surface area contributed by atoms with E-state index in [0.717, 1.165) is 0 Å². The smallest absolute Gasteiger partial charge is 0.267 e. The van der Waals surface area contributed by atoms with Crippen LogP contribution in [0, 0.1) is 20.8 Å². The van der Waals surface area contributed by atoms with Crippen molar-refractivity contribution in [1.29, 1.82) is 0 Å². The highest BCUT2D eigenvalue weighted by molar-refractivity contribution is 7.92. The van der Waals surface area contributed by atoms with Crippen molar-refractivity contribution < 1.29 is 17.5 Å². The molecule has 0 aliphatic heterocycles. The number of hydrogen-bond donors (Lipinski definition) is 1. The minimum atomic E-state index is -3.80. The van der Waals surface area contributed by atoms with Crippen molar-refractivity contribution in [2.45, 2.75) is 25.7 Å². The first kappa shape index (κ1) is 15.2. The monoisotopic (exact) mass is 334 g/mol. The third-order valence-corrected chi connectivity index (χ3v) is 4.75. The van der Waals surface area contributed by atoms with E-state index >= 15 is 0 Å². The third kappa shape index (κ3) is 2.95. The van der Waals surface area contributed by atoms with Gasteiger partial charge in [0, 0.05) is 11.3 Å². The second-order valence-corrected chi connectivity index (χ2v) is 6.61. The summed E-state index contributed by atoms with van der Waals surface area (Å²) in [7, 11) is -3.80. The standard InChI is InChI=1S/C14H14N4O4S/c1-8-13(9(2)21-16-8)23(19,20)18-12-6-4-5-11(7-12)14-15-10(3)17-22-14/h4-7,18H,1-3H3.